The molecule has 7 nitrogen and oxygen atoms in total. The first-order valence-electron chi connectivity index (χ1n) is 9.69. The van der Waals surface area contributed by atoms with Crippen molar-refractivity contribution >= 4 is 23.3 Å². The Morgan fingerprint density at radius 1 is 0.966 bits per heavy atom. The number of esters is 1. The normalized spacial score (nSPS) is 15.9. The third-order valence-electron chi connectivity index (χ3n) is 4.56. The lowest BCUT2D eigenvalue weighted by Gasteiger charge is -2.29. The summed E-state index contributed by atoms with van der Waals surface area (Å²) in [5, 5.41) is 2.77. The predicted octanol–water partition coefficient (Wildman–Crippen LogP) is 2.86. The summed E-state index contributed by atoms with van der Waals surface area (Å²) in [6.07, 6.45) is -1.76. The third kappa shape index (κ3) is 5.96. The lowest BCUT2D eigenvalue weighted by Crippen LogP contribution is -2.36. The zero-order valence-corrected chi connectivity index (χ0v) is 16.7. The Bertz CT molecular complexity index is 804. The van der Waals surface area contributed by atoms with Crippen LogP contribution in [0.25, 0.3) is 0 Å². The van der Waals surface area contributed by atoms with Gasteiger partial charge in [0, 0.05) is 24.5 Å². The van der Waals surface area contributed by atoms with Gasteiger partial charge < -0.3 is 24.4 Å². The molecule has 1 fully saturated rings. The molecule has 1 saturated heterocycles. The van der Waals surface area contributed by atoms with Crippen molar-refractivity contribution in [2.45, 2.75) is 26.1 Å². The second-order valence-corrected chi connectivity index (χ2v) is 6.79. The van der Waals surface area contributed by atoms with Crippen molar-refractivity contribution < 1.29 is 23.8 Å². The van der Waals surface area contributed by atoms with Crippen LogP contribution in [0.5, 0.6) is 5.75 Å². The molecule has 0 unspecified atom stereocenters. The Labute approximate surface area is 170 Å². The number of anilines is 2. The fourth-order valence-corrected chi connectivity index (χ4v) is 2.90. The number of nitrogens with one attached hydrogen (secondary N) is 1. The minimum atomic E-state index is -0.941. The first kappa shape index (κ1) is 20.7. The van der Waals surface area contributed by atoms with Crippen molar-refractivity contribution in [3.05, 3.63) is 54.6 Å². The van der Waals surface area contributed by atoms with Crippen LogP contribution in [0.1, 0.15) is 13.8 Å². The van der Waals surface area contributed by atoms with Gasteiger partial charge in [0.05, 0.1) is 13.2 Å². The van der Waals surface area contributed by atoms with Gasteiger partial charge in [0.1, 0.15) is 5.75 Å². The monoisotopic (exact) mass is 398 g/mol. The number of benzene rings is 2. The number of para-hydroxylation sites is 1. The van der Waals surface area contributed by atoms with E-state index in [0.29, 0.717) is 24.7 Å². The van der Waals surface area contributed by atoms with E-state index in [1.807, 2.05) is 42.5 Å². The molecule has 1 aliphatic heterocycles. The Hall–Kier alpha value is -3.06. The maximum atomic E-state index is 12.4. The van der Waals surface area contributed by atoms with Gasteiger partial charge >= 0.3 is 5.97 Å². The SMILES string of the molecule is C[C@H](Oc1ccccc1)C(=O)O[C@H](C)C(=O)Nc1ccc(N2CCOCC2)cc1. The van der Waals surface area contributed by atoms with Crippen molar-refractivity contribution in [1.29, 1.82) is 0 Å². The highest BCUT2D eigenvalue weighted by Crippen LogP contribution is 2.19. The lowest BCUT2D eigenvalue weighted by molar-refractivity contribution is -0.159. The van der Waals surface area contributed by atoms with Gasteiger partial charge in [-0.25, -0.2) is 4.79 Å². The van der Waals surface area contributed by atoms with Gasteiger partial charge in [0.25, 0.3) is 5.91 Å². The third-order valence-corrected chi connectivity index (χ3v) is 4.56. The second-order valence-electron chi connectivity index (χ2n) is 6.79. The van der Waals surface area contributed by atoms with E-state index in [9.17, 15) is 9.59 Å². The molecule has 0 radical (unpaired) electrons. The molecule has 0 spiro atoms. The highest BCUT2D eigenvalue weighted by Gasteiger charge is 2.23. The molecule has 154 valence electrons. The van der Waals surface area contributed by atoms with E-state index in [1.54, 1.807) is 19.1 Å². The van der Waals surface area contributed by atoms with Crippen LogP contribution in [-0.4, -0.2) is 50.4 Å². The van der Waals surface area contributed by atoms with Gasteiger partial charge in [0.15, 0.2) is 12.2 Å². The summed E-state index contributed by atoms with van der Waals surface area (Å²) in [4.78, 5) is 26.8. The number of nitrogens with zero attached hydrogens (tertiary/aromatic N) is 1. The van der Waals surface area contributed by atoms with E-state index in [4.69, 9.17) is 14.2 Å². The van der Waals surface area contributed by atoms with Gasteiger partial charge in [-0.05, 0) is 50.2 Å². The summed E-state index contributed by atoms with van der Waals surface area (Å²) in [6.45, 7) is 6.25. The van der Waals surface area contributed by atoms with Crippen LogP contribution in [-0.2, 0) is 19.1 Å². The number of morpholine rings is 1. The van der Waals surface area contributed by atoms with E-state index >= 15 is 0 Å². The van der Waals surface area contributed by atoms with E-state index in [0.717, 1.165) is 18.8 Å². The van der Waals surface area contributed by atoms with Crippen LogP contribution < -0.4 is 15.0 Å². The minimum Gasteiger partial charge on any atom is -0.479 e. The van der Waals surface area contributed by atoms with E-state index in [-0.39, 0.29) is 0 Å². The molecule has 2 atom stereocenters. The largest absolute Gasteiger partial charge is 0.479 e. The molecule has 0 aromatic heterocycles. The second kappa shape index (κ2) is 9.93. The number of rotatable bonds is 7. The van der Waals surface area contributed by atoms with Crippen LogP contribution in [0.15, 0.2) is 54.6 Å². The zero-order valence-electron chi connectivity index (χ0n) is 16.7. The molecule has 2 aromatic rings. The fourth-order valence-electron chi connectivity index (χ4n) is 2.90. The average molecular weight is 398 g/mol. The molecule has 1 amide bonds. The summed E-state index contributed by atoms with van der Waals surface area (Å²) in [5.41, 5.74) is 1.72. The van der Waals surface area contributed by atoms with Crippen molar-refractivity contribution in [2.24, 2.45) is 0 Å². The maximum absolute atomic E-state index is 12.4. The van der Waals surface area contributed by atoms with Gasteiger partial charge in [-0.2, -0.15) is 0 Å². The zero-order chi connectivity index (χ0) is 20.6. The first-order valence-corrected chi connectivity index (χ1v) is 9.69. The van der Waals surface area contributed by atoms with Gasteiger partial charge in [-0.3, -0.25) is 4.79 Å². The van der Waals surface area contributed by atoms with Crippen LogP contribution >= 0.6 is 0 Å². The van der Waals surface area contributed by atoms with E-state index < -0.39 is 24.1 Å². The average Bonchev–Trinajstić information content (AvgIpc) is 2.75. The summed E-state index contributed by atoms with van der Waals surface area (Å²) in [5.74, 6) is -0.432. The molecule has 0 bridgehead atoms. The number of amides is 1. The number of hydrogen-bond acceptors (Lipinski definition) is 6. The molecule has 2 aromatic carbocycles. The molecule has 1 heterocycles. The standard InChI is InChI=1S/C22H26N2O5/c1-16(29-22(26)17(2)28-20-6-4-3-5-7-20)21(25)23-18-8-10-19(11-9-18)24-12-14-27-15-13-24/h3-11,16-17H,12-15H2,1-2H3,(H,23,25)/t16-,17+/m1/s1. The number of ether oxygens (including phenoxy) is 3. The fraction of sp³-hybridized carbons (Fsp3) is 0.364. The Morgan fingerprint density at radius 3 is 2.28 bits per heavy atom. The smallest absolute Gasteiger partial charge is 0.347 e. The van der Waals surface area contributed by atoms with Crippen molar-refractivity contribution in [3.63, 3.8) is 0 Å². The topological polar surface area (TPSA) is 77.1 Å². The van der Waals surface area contributed by atoms with Crippen molar-refractivity contribution in [3.8, 4) is 5.75 Å². The van der Waals surface area contributed by atoms with Gasteiger partial charge in [-0.1, -0.05) is 18.2 Å². The van der Waals surface area contributed by atoms with Crippen molar-refractivity contribution in [2.75, 3.05) is 36.5 Å². The summed E-state index contributed by atoms with van der Waals surface area (Å²) in [7, 11) is 0. The Balaban J connectivity index is 1.48. The molecule has 1 aliphatic rings. The lowest BCUT2D eigenvalue weighted by atomic mass is 10.2. The number of carbonyl (C=O) groups is 2. The molecule has 29 heavy (non-hydrogen) atoms. The van der Waals surface area contributed by atoms with Gasteiger partial charge in [-0.15, -0.1) is 0 Å². The number of hydrogen-bond donors (Lipinski definition) is 1. The highest BCUT2D eigenvalue weighted by atomic mass is 16.6. The molecule has 3 rings (SSSR count). The summed E-state index contributed by atoms with van der Waals surface area (Å²) >= 11 is 0. The summed E-state index contributed by atoms with van der Waals surface area (Å²) < 4.78 is 16.1. The predicted molar refractivity (Wildman–Crippen MR) is 110 cm³/mol. The van der Waals surface area contributed by atoms with Crippen molar-refractivity contribution in [1.82, 2.24) is 0 Å². The molecular weight excluding hydrogens is 372 g/mol. The van der Waals surface area contributed by atoms with E-state index in [2.05, 4.69) is 10.2 Å². The minimum absolute atomic E-state index is 0.399. The molecule has 0 saturated carbocycles. The molecule has 0 aliphatic carbocycles. The molecule has 7 heteroatoms. The highest BCUT2D eigenvalue weighted by molar-refractivity contribution is 5.95. The Kier molecular flexibility index (Phi) is 7.08. The molecule has 1 N–H and O–H groups in total. The van der Waals surface area contributed by atoms with E-state index in [1.165, 1.54) is 6.92 Å². The number of carbonyl (C=O) groups excluding carboxylic acids is 2. The van der Waals surface area contributed by atoms with Crippen LogP contribution in [0, 0.1) is 0 Å². The maximum Gasteiger partial charge on any atom is 0.347 e. The quantitative estimate of drug-likeness (QED) is 0.723. The van der Waals surface area contributed by atoms with Crippen LogP contribution in [0.2, 0.25) is 0 Å². The van der Waals surface area contributed by atoms with Crippen LogP contribution in [0.4, 0.5) is 11.4 Å². The molecular formula is C22H26N2O5. The van der Waals surface area contributed by atoms with Crippen LogP contribution in [0.3, 0.4) is 0 Å². The Morgan fingerprint density at radius 2 is 1.62 bits per heavy atom. The summed E-state index contributed by atoms with van der Waals surface area (Å²) in [6, 6.07) is 16.6. The first-order chi connectivity index (χ1) is 14.0. The van der Waals surface area contributed by atoms with Gasteiger partial charge in [0.2, 0.25) is 0 Å².